The average Bonchev–Trinajstić information content (AvgIpc) is 2.86. The number of imide groups is 1. The molecule has 7 heteroatoms. The zero-order valence-electron chi connectivity index (χ0n) is 13.2. The monoisotopic (exact) mass is 315 g/mol. The number of hydrogen-bond donors (Lipinski definition) is 2. The lowest BCUT2D eigenvalue weighted by Crippen LogP contribution is -2.34. The van der Waals surface area contributed by atoms with Gasteiger partial charge in [-0.25, -0.2) is 14.8 Å². The normalized spacial score (nSPS) is 20.7. The van der Waals surface area contributed by atoms with E-state index in [4.69, 9.17) is 0 Å². The van der Waals surface area contributed by atoms with E-state index in [1.165, 1.54) is 25.7 Å². The summed E-state index contributed by atoms with van der Waals surface area (Å²) in [4.78, 5) is 33.7. The summed E-state index contributed by atoms with van der Waals surface area (Å²) in [7, 11) is 0. The first-order valence-electron chi connectivity index (χ1n) is 8.07. The molecule has 3 heterocycles. The fraction of sp³-hybridized carbons (Fsp3) is 0.500. The smallest absolute Gasteiger partial charge is 0.326 e. The largest absolute Gasteiger partial charge is 0.341 e. The first-order valence-corrected chi connectivity index (χ1v) is 8.07. The molecule has 1 aromatic rings. The maximum Gasteiger partial charge on any atom is 0.326 e. The van der Waals surface area contributed by atoms with Crippen LogP contribution in [0.5, 0.6) is 0 Å². The Balaban J connectivity index is 1.70. The van der Waals surface area contributed by atoms with Crippen LogP contribution in [0.3, 0.4) is 0 Å². The Bertz CT molecular complexity index is 635. The van der Waals surface area contributed by atoms with Crippen molar-refractivity contribution in [2.24, 2.45) is 5.92 Å². The van der Waals surface area contributed by atoms with Gasteiger partial charge in [-0.1, -0.05) is 19.8 Å². The summed E-state index contributed by atoms with van der Waals surface area (Å²) in [5.41, 5.74) is 0.819. The molecule has 0 unspecified atom stereocenters. The molecule has 3 rings (SSSR count). The molecule has 23 heavy (non-hydrogen) atoms. The summed E-state index contributed by atoms with van der Waals surface area (Å²) < 4.78 is 0. The first-order chi connectivity index (χ1) is 11.2. The van der Waals surface area contributed by atoms with Crippen molar-refractivity contribution >= 4 is 24.0 Å². The van der Waals surface area contributed by atoms with Crippen LogP contribution in [0.15, 0.2) is 18.0 Å². The summed E-state index contributed by atoms with van der Waals surface area (Å²) in [6, 6.07) is 1.21. The van der Waals surface area contributed by atoms with Crippen molar-refractivity contribution in [3.8, 4) is 0 Å². The number of anilines is 1. The molecule has 0 radical (unpaired) electrons. The van der Waals surface area contributed by atoms with Crippen LogP contribution in [0.4, 0.5) is 10.7 Å². The van der Waals surface area contributed by atoms with Gasteiger partial charge in [0, 0.05) is 19.3 Å². The number of rotatable bonds is 4. The van der Waals surface area contributed by atoms with Gasteiger partial charge in [-0.2, -0.15) is 0 Å². The van der Waals surface area contributed by atoms with Crippen LogP contribution in [0.1, 0.15) is 38.3 Å². The highest BCUT2D eigenvalue weighted by molar-refractivity contribution is 6.13. The molecule has 0 spiro atoms. The lowest BCUT2D eigenvalue weighted by molar-refractivity contribution is -0.115. The molecule has 1 aromatic heterocycles. The van der Waals surface area contributed by atoms with E-state index in [1.54, 1.807) is 18.3 Å². The van der Waals surface area contributed by atoms with Crippen LogP contribution in [-0.4, -0.2) is 35.0 Å². The van der Waals surface area contributed by atoms with Crippen molar-refractivity contribution in [2.45, 2.75) is 32.6 Å². The summed E-state index contributed by atoms with van der Waals surface area (Å²) >= 11 is 0. The van der Waals surface area contributed by atoms with Gasteiger partial charge in [0.05, 0.1) is 5.69 Å². The molecule has 0 aliphatic carbocycles. The summed E-state index contributed by atoms with van der Waals surface area (Å²) in [5, 5.41) is 4.63. The molecule has 2 aliphatic heterocycles. The van der Waals surface area contributed by atoms with Crippen molar-refractivity contribution in [1.82, 2.24) is 20.6 Å². The van der Waals surface area contributed by atoms with Crippen molar-refractivity contribution in [2.75, 3.05) is 18.0 Å². The van der Waals surface area contributed by atoms with Gasteiger partial charge in [-0.3, -0.25) is 10.1 Å². The molecule has 7 nitrogen and oxygen atoms in total. The van der Waals surface area contributed by atoms with Gasteiger partial charge in [0.15, 0.2) is 0 Å². The maximum absolute atomic E-state index is 11.6. The zero-order chi connectivity index (χ0) is 16.2. The van der Waals surface area contributed by atoms with Gasteiger partial charge in [0.25, 0.3) is 5.91 Å². The predicted octanol–water partition coefficient (Wildman–Crippen LogP) is 1.67. The standard InChI is InChI=1S/C16H21N5O2/c1-2-3-11-5-8-21(9-6-11)15-17-7-4-12(18-15)10-13-14(22)20-16(23)19-13/h4,7,10-11H,2-3,5-6,8-9H2,1H3,(H2,19,20,22,23). The second-order valence-corrected chi connectivity index (χ2v) is 5.97. The molecular weight excluding hydrogens is 294 g/mol. The van der Waals surface area contributed by atoms with Crippen molar-refractivity contribution in [3.05, 3.63) is 23.7 Å². The Morgan fingerprint density at radius 2 is 2.09 bits per heavy atom. The third-order valence-corrected chi connectivity index (χ3v) is 4.27. The lowest BCUT2D eigenvalue weighted by atomic mass is 9.93. The van der Waals surface area contributed by atoms with E-state index >= 15 is 0 Å². The van der Waals surface area contributed by atoms with E-state index < -0.39 is 11.9 Å². The Labute approximate surface area is 135 Å². The van der Waals surface area contributed by atoms with E-state index in [9.17, 15) is 9.59 Å². The van der Waals surface area contributed by atoms with E-state index in [0.717, 1.165) is 19.0 Å². The third kappa shape index (κ3) is 3.67. The molecule has 2 saturated heterocycles. The highest BCUT2D eigenvalue weighted by Crippen LogP contribution is 2.24. The van der Waals surface area contributed by atoms with E-state index in [2.05, 4.69) is 32.4 Å². The highest BCUT2D eigenvalue weighted by Gasteiger charge is 2.23. The molecule has 0 bridgehead atoms. The zero-order valence-corrected chi connectivity index (χ0v) is 13.2. The van der Waals surface area contributed by atoms with Crippen molar-refractivity contribution < 1.29 is 9.59 Å². The van der Waals surface area contributed by atoms with Gasteiger partial charge in [-0.15, -0.1) is 0 Å². The molecule has 2 N–H and O–H groups in total. The number of nitrogens with one attached hydrogen (secondary N) is 2. The summed E-state index contributed by atoms with van der Waals surface area (Å²) in [5.74, 6) is 1.05. The van der Waals surface area contributed by atoms with Gasteiger partial charge in [0.1, 0.15) is 5.70 Å². The predicted molar refractivity (Wildman–Crippen MR) is 86.5 cm³/mol. The minimum atomic E-state index is -0.506. The fourth-order valence-electron chi connectivity index (χ4n) is 3.05. The second kappa shape index (κ2) is 6.76. The lowest BCUT2D eigenvalue weighted by Gasteiger charge is -2.31. The van der Waals surface area contributed by atoms with Crippen LogP contribution in [-0.2, 0) is 4.79 Å². The van der Waals surface area contributed by atoms with Crippen LogP contribution < -0.4 is 15.5 Å². The number of carbonyl (C=O) groups is 2. The molecule has 2 aliphatic rings. The number of amides is 3. The second-order valence-electron chi connectivity index (χ2n) is 5.97. The number of nitrogens with zero attached hydrogens (tertiary/aromatic N) is 3. The number of carbonyl (C=O) groups excluding carboxylic acids is 2. The maximum atomic E-state index is 11.6. The molecule has 0 saturated carbocycles. The Morgan fingerprint density at radius 3 is 2.74 bits per heavy atom. The topological polar surface area (TPSA) is 87.2 Å². The Morgan fingerprint density at radius 1 is 1.30 bits per heavy atom. The van der Waals surface area contributed by atoms with Crippen molar-refractivity contribution in [1.29, 1.82) is 0 Å². The SMILES string of the molecule is CCCC1CCN(c2nccc(C=C3NC(=O)NC3=O)n2)CC1. The van der Waals surface area contributed by atoms with Crippen LogP contribution in [0.25, 0.3) is 6.08 Å². The molecule has 0 aromatic carbocycles. The van der Waals surface area contributed by atoms with Crippen molar-refractivity contribution in [3.63, 3.8) is 0 Å². The molecule has 2 fully saturated rings. The van der Waals surface area contributed by atoms with E-state index in [-0.39, 0.29) is 5.70 Å². The van der Waals surface area contributed by atoms with Gasteiger partial charge >= 0.3 is 6.03 Å². The average molecular weight is 315 g/mol. The number of aromatic nitrogens is 2. The first kappa shape index (κ1) is 15.5. The Hall–Kier alpha value is -2.44. The van der Waals surface area contributed by atoms with Gasteiger partial charge in [-0.05, 0) is 30.9 Å². The van der Waals surface area contributed by atoms with Crippen LogP contribution >= 0.6 is 0 Å². The highest BCUT2D eigenvalue weighted by atomic mass is 16.2. The Kier molecular flexibility index (Phi) is 4.55. The molecular formula is C16H21N5O2. The number of hydrogen-bond acceptors (Lipinski definition) is 5. The van der Waals surface area contributed by atoms with Crippen LogP contribution in [0.2, 0.25) is 0 Å². The van der Waals surface area contributed by atoms with Crippen LogP contribution in [0, 0.1) is 5.92 Å². The molecule has 0 atom stereocenters. The molecule has 3 amide bonds. The van der Waals surface area contributed by atoms with Gasteiger partial charge in [0.2, 0.25) is 5.95 Å². The van der Waals surface area contributed by atoms with E-state index in [0.29, 0.717) is 11.6 Å². The molecule has 122 valence electrons. The minimum Gasteiger partial charge on any atom is -0.341 e. The third-order valence-electron chi connectivity index (χ3n) is 4.27. The quantitative estimate of drug-likeness (QED) is 0.652. The summed E-state index contributed by atoms with van der Waals surface area (Å²) in [6.07, 6.45) is 8.10. The fourth-order valence-corrected chi connectivity index (χ4v) is 3.05. The minimum absolute atomic E-state index is 0.210. The van der Waals surface area contributed by atoms with E-state index in [1.807, 2.05) is 0 Å². The van der Waals surface area contributed by atoms with Gasteiger partial charge < -0.3 is 10.2 Å². The number of piperidine rings is 1. The summed E-state index contributed by atoms with van der Waals surface area (Å²) in [6.45, 7) is 4.15. The number of urea groups is 1.